The van der Waals surface area contributed by atoms with E-state index in [9.17, 15) is 0 Å². The minimum atomic E-state index is 0.664. The number of aromatic nitrogens is 2. The first kappa shape index (κ1) is 9.71. The zero-order valence-corrected chi connectivity index (χ0v) is 8.84. The third-order valence-corrected chi connectivity index (χ3v) is 3.02. The van der Waals surface area contributed by atoms with Crippen molar-refractivity contribution < 1.29 is 0 Å². The number of hydrogen-bond donors (Lipinski definition) is 2. The lowest BCUT2D eigenvalue weighted by Gasteiger charge is -2.18. The number of rotatable bonds is 3. The van der Waals surface area contributed by atoms with Gasteiger partial charge in [-0.25, -0.2) is 4.98 Å². The van der Waals surface area contributed by atoms with Crippen LogP contribution in [-0.2, 0) is 19.3 Å². The summed E-state index contributed by atoms with van der Waals surface area (Å²) in [4.78, 5) is 8.05. The fraction of sp³-hybridized carbons (Fsp3) is 0.727. The number of nitrogens with two attached hydrogens (primary N) is 1. The number of fused-ring (bicyclic) bond motifs is 1. The Morgan fingerprint density at radius 1 is 1.57 bits per heavy atom. The molecule has 1 aliphatic rings. The van der Waals surface area contributed by atoms with Crippen LogP contribution >= 0.6 is 0 Å². The molecule has 0 saturated carbocycles. The molecule has 2 rings (SSSR count). The van der Waals surface area contributed by atoms with Crippen molar-refractivity contribution in [1.82, 2.24) is 9.97 Å². The van der Waals surface area contributed by atoms with Crippen molar-refractivity contribution in [1.29, 1.82) is 0 Å². The minimum Gasteiger partial charge on any atom is -0.346 e. The maximum absolute atomic E-state index is 5.69. The summed E-state index contributed by atoms with van der Waals surface area (Å²) >= 11 is 0. The molecule has 0 spiro atoms. The molecule has 0 aromatic carbocycles. The van der Waals surface area contributed by atoms with E-state index in [0.29, 0.717) is 5.92 Å². The molecule has 1 aromatic heterocycles. The van der Waals surface area contributed by atoms with E-state index in [0.717, 1.165) is 38.1 Å². The standard InChI is InChI=1S/C11H19N3/c1-2-3-11-13-9-5-4-8(7-12)6-10(9)14-11/h8H,2-7,12H2,1H3,(H,13,14). The third-order valence-electron chi connectivity index (χ3n) is 3.02. The monoisotopic (exact) mass is 193 g/mol. The third kappa shape index (κ3) is 1.82. The van der Waals surface area contributed by atoms with Gasteiger partial charge in [0, 0.05) is 12.1 Å². The first-order chi connectivity index (χ1) is 6.83. The molecule has 1 unspecified atom stereocenters. The van der Waals surface area contributed by atoms with E-state index in [1.54, 1.807) is 0 Å². The number of H-pyrrole nitrogens is 1. The van der Waals surface area contributed by atoms with E-state index in [1.165, 1.54) is 17.8 Å². The van der Waals surface area contributed by atoms with Crippen molar-refractivity contribution in [3.05, 3.63) is 17.2 Å². The van der Waals surface area contributed by atoms with Crippen LogP contribution in [0.5, 0.6) is 0 Å². The van der Waals surface area contributed by atoms with Crippen molar-refractivity contribution in [3.8, 4) is 0 Å². The van der Waals surface area contributed by atoms with Crippen molar-refractivity contribution in [2.45, 2.75) is 39.0 Å². The average Bonchev–Trinajstić information content (AvgIpc) is 2.59. The molecule has 3 N–H and O–H groups in total. The molecule has 0 bridgehead atoms. The number of nitrogens with one attached hydrogen (secondary N) is 1. The van der Waals surface area contributed by atoms with Gasteiger partial charge in [-0.2, -0.15) is 0 Å². The van der Waals surface area contributed by atoms with Gasteiger partial charge < -0.3 is 10.7 Å². The van der Waals surface area contributed by atoms with E-state index >= 15 is 0 Å². The number of hydrogen-bond acceptors (Lipinski definition) is 2. The highest BCUT2D eigenvalue weighted by Gasteiger charge is 2.20. The van der Waals surface area contributed by atoms with Gasteiger partial charge in [0.05, 0.1) is 5.69 Å². The number of nitrogens with zero attached hydrogens (tertiary/aromatic N) is 1. The lowest BCUT2D eigenvalue weighted by Crippen LogP contribution is -2.22. The molecule has 1 aliphatic carbocycles. The predicted molar refractivity (Wildman–Crippen MR) is 57.2 cm³/mol. The molecule has 3 nitrogen and oxygen atoms in total. The van der Waals surface area contributed by atoms with Crippen LogP contribution < -0.4 is 5.73 Å². The second kappa shape index (κ2) is 4.13. The summed E-state index contributed by atoms with van der Waals surface area (Å²) in [6, 6.07) is 0. The zero-order valence-electron chi connectivity index (χ0n) is 8.84. The maximum atomic E-state index is 5.69. The fourth-order valence-electron chi connectivity index (χ4n) is 2.17. The van der Waals surface area contributed by atoms with Crippen LogP contribution in [0.1, 0.15) is 37.0 Å². The molecule has 1 aromatic rings. The lowest BCUT2D eigenvalue weighted by molar-refractivity contribution is 0.461. The van der Waals surface area contributed by atoms with Crippen LogP contribution in [0.15, 0.2) is 0 Å². The second-order valence-corrected chi connectivity index (χ2v) is 4.20. The molecule has 0 saturated heterocycles. The smallest absolute Gasteiger partial charge is 0.106 e. The predicted octanol–water partition coefficient (Wildman–Crippen LogP) is 1.43. The largest absolute Gasteiger partial charge is 0.346 e. The van der Waals surface area contributed by atoms with Gasteiger partial charge in [0.25, 0.3) is 0 Å². The summed E-state index contributed by atoms with van der Waals surface area (Å²) < 4.78 is 0. The molecule has 0 fully saturated rings. The number of imidazole rings is 1. The number of aryl methyl sites for hydroxylation is 2. The quantitative estimate of drug-likeness (QED) is 0.763. The van der Waals surface area contributed by atoms with Gasteiger partial charge in [-0.1, -0.05) is 6.92 Å². The minimum absolute atomic E-state index is 0.664. The van der Waals surface area contributed by atoms with Gasteiger partial charge in [0.2, 0.25) is 0 Å². The van der Waals surface area contributed by atoms with Crippen molar-refractivity contribution in [2.75, 3.05) is 6.54 Å². The van der Waals surface area contributed by atoms with Crippen LogP contribution in [0.4, 0.5) is 0 Å². The highest BCUT2D eigenvalue weighted by atomic mass is 14.9. The van der Waals surface area contributed by atoms with Crippen LogP contribution in [0.3, 0.4) is 0 Å². The fourth-order valence-corrected chi connectivity index (χ4v) is 2.17. The summed E-state index contributed by atoms with van der Waals surface area (Å²) in [5.74, 6) is 1.83. The lowest BCUT2D eigenvalue weighted by atomic mass is 9.90. The molecule has 14 heavy (non-hydrogen) atoms. The summed E-state index contributed by atoms with van der Waals surface area (Å²) in [6.45, 7) is 2.99. The highest BCUT2D eigenvalue weighted by molar-refractivity contribution is 5.18. The topological polar surface area (TPSA) is 54.7 Å². The Morgan fingerprint density at radius 3 is 3.14 bits per heavy atom. The van der Waals surface area contributed by atoms with Crippen LogP contribution in [-0.4, -0.2) is 16.5 Å². The first-order valence-electron chi connectivity index (χ1n) is 5.60. The van der Waals surface area contributed by atoms with E-state index in [1.807, 2.05) is 0 Å². The summed E-state index contributed by atoms with van der Waals surface area (Å²) in [5, 5.41) is 0. The van der Waals surface area contributed by atoms with Crippen molar-refractivity contribution in [2.24, 2.45) is 11.7 Å². The van der Waals surface area contributed by atoms with E-state index < -0.39 is 0 Å². The normalized spacial score (nSPS) is 20.9. The Labute approximate surface area is 85.1 Å². The Morgan fingerprint density at radius 2 is 2.43 bits per heavy atom. The Kier molecular flexibility index (Phi) is 2.87. The molecule has 3 heteroatoms. The van der Waals surface area contributed by atoms with E-state index in [4.69, 9.17) is 5.73 Å². The number of aromatic amines is 1. The van der Waals surface area contributed by atoms with Gasteiger partial charge in [0.15, 0.2) is 0 Å². The molecule has 1 heterocycles. The Balaban J connectivity index is 2.12. The molecule has 0 aliphatic heterocycles. The van der Waals surface area contributed by atoms with Gasteiger partial charge in [-0.15, -0.1) is 0 Å². The molecule has 78 valence electrons. The Hall–Kier alpha value is -0.830. The average molecular weight is 193 g/mol. The summed E-state index contributed by atoms with van der Waals surface area (Å²) in [6.07, 6.45) is 5.65. The SMILES string of the molecule is CCCc1nc2c([nH]1)CC(CN)CC2. The van der Waals surface area contributed by atoms with Crippen LogP contribution in [0.2, 0.25) is 0 Å². The van der Waals surface area contributed by atoms with Gasteiger partial charge in [-0.05, 0) is 38.1 Å². The van der Waals surface area contributed by atoms with E-state index in [-0.39, 0.29) is 0 Å². The first-order valence-corrected chi connectivity index (χ1v) is 5.60. The summed E-state index contributed by atoms with van der Waals surface area (Å²) in [7, 11) is 0. The van der Waals surface area contributed by atoms with Crippen LogP contribution in [0, 0.1) is 5.92 Å². The molecule has 1 atom stereocenters. The maximum Gasteiger partial charge on any atom is 0.106 e. The van der Waals surface area contributed by atoms with Crippen molar-refractivity contribution >= 4 is 0 Å². The van der Waals surface area contributed by atoms with Crippen LogP contribution in [0.25, 0.3) is 0 Å². The zero-order chi connectivity index (χ0) is 9.97. The molecular weight excluding hydrogens is 174 g/mol. The molecule has 0 radical (unpaired) electrons. The van der Waals surface area contributed by atoms with Gasteiger partial charge in [-0.3, -0.25) is 0 Å². The molecule has 0 amide bonds. The molecular formula is C11H19N3. The van der Waals surface area contributed by atoms with Gasteiger partial charge in [0.1, 0.15) is 5.82 Å². The van der Waals surface area contributed by atoms with Crippen molar-refractivity contribution in [3.63, 3.8) is 0 Å². The summed E-state index contributed by atoms with van der Waals surface area (Å²) in [5.41, 5.74) is 8.32. The van der Waals surface area contributed by atoms with E-state index in [2.05, 4.69) is 16.9 Å². The van der Waals surface area contributed by atoms with Gasteiger partial charge >= 0.3 is 0 Å². The highest BCUT2D eigenvalue weighted by Crippen LogP contribution is 2.23. The Bertz CT molecular complexity index is 303. The second-order valence-electron chi connectivity index (χ2n) is 4.20.